The molecule has 0 fully saturated rings. The van der Waals surface area contributed by atoms with Crippen LogP contribution in [0.15, 0.2) is 17.0 Å². The summed E-state index contributed by atoms with van der Waals surface area (Å²) in [5.74, 6) is 0. The fourth-order valence-corrected chi connectivity index (χ4v) is 3.99. The van der Waals surface area contributed by atoms with Gasteiger partial charge in [-0.3, -0.25) is 4.72 Å². The van der Waals surface area contributed by atoms with Gasteiger partial charge in [0, 0.05) is 6.54 Å². The molecule has 8 heteroatoms. The summed E-state index contributed by atoms with van der Waals surface area (Å²) in [6.07, 6.45) is 0. The lowest BCUT2D eigenvalue weighted by Crippen LogP contribution is -2.15. The molecule has 0 unspecified atom stereocenters. The molecule has 2 aromatic rings. The number of hydrogen-bond donors (Lipinski definition) is 2. The zero-order valence-electron chi connectivity index (χ0n) is 11.5. The molecule has 1 aromatic heterocycles. The first-order valence-electron chi connectivity index (χ1n) is 5.96. The van der Waals surface area contributed by atoms with Gasteiger partial charge < -0.3 is 5.73 Å². The van der Waals surface area contributed by atoms with Crippen molar-refractivity contribution in [3.8, 4) is 0 Å². The SMILES string of the molecule is Cc1nnc(NS(=O)(=O)c2cc(CN)c(C)cc2C)s1. The van der Waals surface area contributed by atoms with E-state index in [0.717, 1.165) is 11.1 Å². The summed E-state index contributed by atoms with van der Waals surface area (Å²) in [6.45, 7) is 5.73. The number of nitrogens with zero attached hydrogens (tertiary/aromatic N) is 2. The van der Waals surface area contributed by atoms with E-state index >= 15 is 0 Å². The first-order valence-corrected chi connectivity index (χ1v) is 8.26. The molecule has 6 nitrogen and oxygen atoms in total. The molecule has 0 saturated carbocycles. The zero-order chi connectivity index (χ0) is 14.9. The van der Waals surface area contributed by atoms with Crippen molar-refractivity contribution in [3.63, 3.8) is 0 Å². The smallest absolute Gasteiger partial charge is 0.263 e. The second kappa shape index (κ2) is 5.47. The van der Waals surface area contributed by atoms with E-state index in [-0.39, 0.29) is 10.0 Å². The fraction of sp³-hybridized carbons (Fsp3) is 0.333. The predicted molar refractivity (Wildman–Crippen MR) is 79.3 cm³/mol. The van der Waals surface area contributed by atoms with Crippen molar-refractivity contribution in [2.24, 2.45) is 5.73 Å². The standard InChI is InChI=1S/C12H16N4O2S2/c1-7-4-8(2)11(5-10(7)6-13)20(17,18)16-12-15-14-9(3)19-12/h4-5H,6,13H2,1-3H3,(H,15,16). The minimum Gasteiger partial charge on any atom is -0.326 e. The molecule has 0 atom stereocenters. The van der Waals surface area contributed by atoms with Crippen molar-refractivity contribution >= 4 is 26.5 Å². The maximum atomic E-state index is 12.4. The molecule has 20 heavy (non-hydrogen) atoms. The van der Waals surface area contributed by atoms with E-state index in [1.54, 1.807) is 19.9 Å². The molecule has 1 heterocycles. The summed E-state index contributed by atoms with van der Waals surface area (Å²) in [6, 6.07) is 3.43. The molecular weight excluding hydrogens is 296 g/mol. The van der Waals surface area contributed by atoms with Crippen LogP contribution in [0.4, 0.5) is 5.13 Å². The summed E-state index contributed by atoms with van der Waals surface area (Å²) in [4.78, 5) is 0.219. The van der Waals surface area contributed by atoms with Crippen LogP contribution in [0.25, 0.3) is 0 Å². The summed E-state index contributed by atoms with van der Waals surface area (Å²) < 4.78 is 27.2. The summed E-state index contributed by atoms with van der Waals surface area (Å²) in [5.41, 5.74) is 8.10. The van der Waals surface area contributed by atoms with Crippen molar-refractivity contribution in [3.05, 3.63) is 33.8 Å². The summed E-state index contributed by atoms with van der Waals surface area (Å²) in [5, 5.41) is 8.52. The van der Waals surface area contributed by atoms with E-state index in [1.807, 2.05) is 13.0 Å². The third-order valence-corrected chi connectivity index (χ3v) is 5.25. The maximum absolute atomic E-state index is 12.4. The van der Waals surface area contributed by atoms with Gasteiger partial charge in [0.05, 0.1) is 4.90 Å². The monoisotopic (exact) mass is 312 g/mol. The van der Waals surface area contributed by atoms with Gasteiger partial charge in [-0.2, -0.15) is 0 Å². The number of nitrogens with one attached hydrogen (secondary N) is 1. The van der Waals surface area contributed by atoms with Crippen LogP contribution in [0.2, 0.25) is 0 Å². The van der Waals surface area contributed by atoms with Crippen LogP contribution < -0.4 is 10.5 Å². The average molecular weight is 312 g/mol. The molecular formula is C12H16N4O2S2. The van der Waals surface area contributed by atoms with Crippen molar-refractivity contribution < 1.29 is 8.42 Å². The van der Waals surface area contributed by atoms with E-state index in [9.17, 15) is 8.42 Å². The number of sulfonamides is 1. The van der Waals surface area contributed by atoms with Gasteiger partial charge in [0.15, 0.2) is 0 Å². The Bertz CT molecular complexity index is 738. The molecule has 0 aliphatic rings. The summed E-state index contributed by atoms with van der Waals surface area (Å²) in [7, 11) is -3.68. The topological polar surface area (TPSA) is 98.0 Å². The van der Waals surface area contributed by atoms with Gasteiger partial charge in [-0.1, -0.05) is 17.4 Å². The third-order valence-electron chi connectivity index (χ3n) is 2.89. The Labute approximate surface area is 122 Å². The molecule has 0 radical (unpaired) electrons. The van der Waals surface area contributed by atoms with E-state index in [1.165, 1.54) is 11.3 Å². The number of aromatic nitrogens is 2. The number of rotatable bonds is 4. The molecule has 0 saturated heterocycles. The number of hydrogen-bond acceptors (Lipinski definition) is 6. The highest BCUT2D eigenvalue weighted by molar-refractivity contribution is 7.93. The van der Waals surface area contributed by atoms with Crippen LogP contribution in [0.5, 0.6) is 0 Å². The number of anilines is 1. The van der Waals surface area contributed by atoms with Crippen LogP contribution in [0.3, 0.4) is 0 Å². The highest BCUT2D eigenvalue weighted by Gasteiger charge is 2.20. The molecule has 108 valence electrons. The molecule has 0 aliphatic heterocycles. The second-order valence-electron chi connectivity index (χ2n) is 4.48. The predicted octanol–water partition coefficient (Wildman–Crippen LogP) is 1.72. The lowest BCUT2D eigenvalue weighted by molar-refractivity contribution is 0.600. The average Bonchev–Trinajstić information content (AvgIpc) is 2.73. The van der Waals surface area contributed by atoms with Gasteiger partial charge >= 0.3 is 0 Å². The van der Waals surface area contributed by atoms with Crippen LogP contribution in [0, 0.1) is 20.8 Å². The summed E-state index contributed by atoms with van der Waals surface area (Å²) >= 11 is 1.19. The Balaban J connectivity index is 2.43. The Morgan fingerprint density at radius 1 is 1.20 bits per heavy atom. The van der Waals surface area contributed by atoms with E-state index in [0.29, 0.717) is 17.1 Å². The first kappa shape index (κ1) is 14.9. The maximum Gasteiger partial charge on any atom is 0.263 e. The van der Waals surface area contributed by atoms with Crippen molar-refractivity contribution in [1.82, 2.24) is 10.2 Å². The normalized spacial score (nSPS) is 11.6. The lowest BCUT2D eigenvalue weighted by Gasteiger charge is -2.12. The van der Waals surface area contributed by atoms with Gasteiger partial charge in [-0.15, -0.1) is 10.2 Å². The highest BCUT2D eigenvalue weighted by atomic mass is 32.2. The Morgan fingerprint density at radius 3 is 2.45 bits per heavy atom. The molecule has 0 spiro atoms. The molecule has 0 aliphatic carbocycles. The Morgan fingerprint density at radius 2 is 1.90 bits per heavy atom. The van der Waals surface area contributed by atoms with Gasteiger partial charge in [0.1, 0.15) is 5.01 Å². The van der Waals surface area contributed by atoms with Crippen molar-refractivity contribution in [2.45, 2.75) is 32.2 Å². The van der Waals surface area contributed by atoms with Gasteiger partial charge in [0.25, 0.3) is 10.0 Å². The second-order valence-corrected chi connectivity index (χ2v) is 7.31. The van der Waals surface area contributed by atoms with Gasteiger partial charge in [0.2, 0.25) is 5.13 Å². The fourth-order valence-electron chi connectivity index (χ4n) is 1.89. The number of benzene rings is 1. The minimum atomic E-state index is -3.68. The molecule has 2 rings (SSSR count). The molecule has 3 N–H and O–H groups in total. The van der Waals surface area contributed by atoms with Crippen molar-refractivity contribution in [1.29, 1.82) is 0 Å². The first-order chi connectivity index (χ1) is 9.33. The van der Waals surface area contributed by atoms with E-state index in [4.69, 9.17) is 5.73 Å². The number of aryl methyl sites for hydroxylation is 3. The third kappa shape index (κ3) is 2.97. The van der Waals surface area contributed by atoms with E-state index < -0.39 is 10.0 Å². The van der Waals surface area contributed by atoms with Crippen LogP contribution >= 0.6 is 11.3 Å². The van der Waals surface area contributed by atoms with Crippen LogP contribution in [-0.4, -0.2) is 18.6 Å². The zero-order valence-corrected chi connectivity index (χ0v) is 13.1. The molecule has 1 aromatic carbocycles. The van der Waals surface area contributed by atoms with Crippen LogP contribution in [0.1, 0.15) is 21.7 Å². The van der Waals surface area contributed by atoms with Gasteiger partial charge in [-0.05, 0) is 43.5 Å². The molecule has 0 bridgehead atoms. The Kier molecular flexibility index (Phi) is 4.07. The number of nitrogens with two attached hydrogens (primary N) is 1. The van der Waals surface area contributed by atoms with Crippen molar-refractivity contribution in [2.75, 3.05) is 4.72 Å². The quantitative estimate of drug-likeness (QED) is 0.896. The highest BCUT2D eigenvalue weighted by Crippen LogP contribution is 2.24. The van der Waals surface area contributed by atoms with Gasteiger partial charge in [-0.25, -0.2) is 8.42 Å². The molecule has 0 amide bonds. The van der Waals surface area contributed by atoms with E-state index in [2.05, 4.69) is 14.9 Å². The lowest BCUT2D eigenvalue weighted by atomic mass is 10.1. The van der Waals surface area contributed by atoms with Crippen LogP contribution in [-0.2, 0) is 16.6 Å². The largest absolute Gasteiger partial charge is 0.326 e. The Hall–Kier alpha value is -1.51. The minimum absolute atomic E-state index is 0.219.